The van der Waals surface area contributed by atoms with Gasteiger partial charge in [-0.2, -0.15) is 11.8 Å². The number of aliphatic carboxylic acids is 1. The lowest BCUT2D eigenvalue weighted by Gasteiger charge is -2.26. The van der Waals surface area contributed by atoms with Gasteiger partial charge in [0.2, 0.25) is 23.6 Å². The van der Waals surface area contributed by atoms with Gasteiger partial charge >= 0.3 is 5.97 Å². The third-order valence-corrected chi connectivity index (χ3v) is 5.83. The maximum atomic E-state index is 13.1. The van der Waals surface area contributed by atoms with E-state index in [1.54, 1.807) is 0 Å². The Labute approximate surface area is 211 Å². The van der Waals surface area contributed by atoms with Crippen molar-refractivity contribution < 1.29 is 29.1 Å². The summed E-state index contributed by atoms with van der Waals surface area (Å²) >= 11 is 1.46. The lowest BCUT2D eigenvalue weighted by molar-refractivity contribution is -0.142. The van der Waals surface area contributed by atoms with E-state index in [-0.39, 0.29) is 38.0 Å². The van der Waals surface area contributed by atoms with E-state index in [2.05, 4.69) is 16.0 Å². The molecule has 0 aliphatic carbocycles. The summed E-state index contributed by atoms with van der Waals surface area (Å²) in [5.41, 5.74) is 16.4. The van der Waals surface area contributed by atoms with Crippen LogP contribution in [0.4, 0.5) is 0 Å². The van der Waals surface area contributed by atoms with E-state index >= 15 is 0 Å². The lowest BCUT2D eigenvalue weighted by atomic mass is 10.0. The van der Waals surface area contributed by atoms with Crippen LogP contribution in [0.15, 0.2) is 0 Å². The van der Waals surface area contributed by atoms with E-state index in [4.69, 9.17) is 17.2 Å². The molecule has 0 saturated carbocycles. The number of carbonyl (C=O) groups excluding carboxylic acids is 4. The Morgan fingerprint density at radius 3 is 1.94 bits per heavy atom. The average Bonchev–Trinajstić information content (AvgIpc) is 2.78. The third-order valence-electron chi connectivity index (χ3n) is 5.18. The smallest absolute Gasteiger partial charge is 0.326 e. The molecule has 0 aromatic carbocycles. The zero-order valence-corrected chi connectivity index (χ0v) is 21.7. The molecule has 202 valence electrons. The summed E-state index contributed by atoms with van der Waals surface area (Å²) in [4.78, 5) is 60.9. The van der Waals surface area contributed by atoms with Crippen LogP contribution in [0.5, 0.6) is 0 Å². The van der Waals surface area contributed by atoms with Crippen molar-refractivity contribution in [3.8, 4) is 0 Å². The Morgan fingerprint density at radius 2 is 1.43 bits per heavy atom. The average molecular weight is 519 g/mol. The largest absolute Gasteiger partial charge is 0.480 e. The molecule has 13 heteroatoms. The number of primary amides is 1. The molecule has 0 aliphatic heterocycles. The minimum Gasteiger partial charge on any atom is -0.480 e. The van der Waals surface area contributed by atoms with E-state index < -0.39 is 53.8 Å². The second-order valence-electron chi connectivity index (χ2n) is 8.83. The number of rotatable bonds is 19. The molecular formula is C22H42N6O6S. The molecule has 0 aromatic heterocycles. The number of thioether (sulfide) groups is 1. The second-order valence-corrected chi connectivity index (χ2v) is 9.81. The number of carboxylic acids is 1. The number of nitrogens with two attached hydrogens (primary N) is 3. The van der Waals surface area contributed by atoms with E-state index in [1.807, 2.05) is 20.1 Å². The monoisotopic (exact) mass is 518 g/mol. The molecule has 0 heterocycles. The molecule has 35 heavy (non-hydrogen) atoms. The van der Waals surface area contributed by atoms with Gasteiger partial charge in [0.25, 0.3) is 0 Å². The first-order valence-corrected chi connectivity index (χ1v) is 13.2. The SMILES string of the molecule is CSCCC(NC(=O)C(CCCCN)NC(=O)C(CC(C)C)NC(=O)C(N)CCC(N)=O)C(=O)O. The van der Waals surface area contributed by atoms with Gasteiger partial charge in [-0.15, -0.1) is 0 Å². The first kappa shape index (κ1) is 32.6. The topological polar surface area (TPSA) is 220 Å². The zero-order chi connectivity index (χ0) is 27.0. The van der Waals surface area contributed by atoms with Crippen molar-refractivity contribution in [3.05, 3.63) is 0 Å². The minimum atomic E-state index is -1.16. The Hall–Kier alpha value is -2.38. The van der Waals surface area contributed by atoms with Crippen molar-refractivity contribution in [1.29, 1.82) is 0 Å². The first-order chi connectivity index (χ1) is 16.4. The van der Waals surface area contributed by atoms with Crippen molar-refractivity contribution in [2.24, 2.45) is 23.1 Å². The highest BCUT2D eigenvalue weighted by atomic mass is 32.2. The van der Waals surface area contributed by atoms with Crippen molar-refractivity contribution in [3.63, 3.8) is 0 Å². The van der Waals surface area contributed by atoms with Crippen LogP contribution in [0, 0.1) is 5.92 Å². The van der Waals surface area contributed by atoms with Crippen molar-refractivity contribution >= 4 is 41.4 Å². The summed E-state index contributed by atoms with van der Waals surface area (Å²) in [5, 5.41) is 17.2. The molecule has 4 atom stereocenters. The lowest BCUT2D eigenvalue weighted by Crippen LogP contribution is -2.57. The summed E-state index contributed by atoms with van der Waals surface area (Å²) in [5.74, 6) is -2.99. The summed E-state index contributed by atoms with van der Waals surface area (Å²) in [7, 11) is 0. The summed E-state index contributed by atoms with van der Waals surface area (Å²) < 4.78 is 0. The van der Waals surface area contributed by atoms with Crippen molar-refractivity contribution in [1.82, 2.24) is 16.0 Å². The van der Waals surface area contributed by atoms with Crippen LogP contribution in [0.1, 0.15) is 58.8 Å². The van der Waals surface area contributed by atoms with Crippen LogP contribution in [0.3, 0.4) is 0 Å². The highest BCUT2D eigenvalue weighted by molar-refractivity contribution is 7.98. The predicted octanol–water partition coefficient (Wildman–Crippen LogP) is -0.954. The highest BCUT2D eigenvalue weighted by Crippen LogP contribution is 2.09. The van der Waals surface area contributed by atoms with E-state index in [9.17, 15) is 29.1 Å². The number of hydrogen-bond acceptors (Lipinski definition) is 8. The Balaban J connectivity index is 5.46. The number of unbranched alkanes of at least 4 members (excludes halogenated alkanes) is 1. The maximum Gasteiger partial charge on any atom is 0.326 e. The quantitative estimate of drug-likeness (QED) is 0.105. The van der Waals surface area contributed by atoms with Crippen LogP contribution in [-0.2, 0) is 24.0 Å². The summed E-state index contributed by atoms with van der Waals surface area (Å²) in [6.45, 7) is 4.14. The van der Waals surface area contributed by atoms with E-state index in [1.165, 1.54) is 11.8 Å². The first-order valence-electron chi connectivity index (χ1n) is 11.8. The number of nitrogens with one attached hydrogen (secondary N) is 3. The van der Waals surface area contributed by atoms with Gasteiger partial charge < -0.3 is 38.3 Å². The fraction of sp³-hybridized carbons (Fsp3) is 0.773. The number of hydrogen-bond donors (Lipinski definition) is 7. The zero-order valence-electron chi connectivity index (χ0n) is 20.9. The summed E-state index contributed by atoms with van der Waals surface area (Å²) in [6, 6.07) is -4.08. The molecular weight excluding hydrogens is 476 g/mol. The minimum absolute atomic E-state index is 0.0281. The number of carbonyl (C=O) groups is 5. The van der Waals surface area contributed by atoms with E-state index in [0.29, 0.717) is 25.1 Å². The van der Waals surface area contributed by atoms with Gasteiger partial charge in [-0.3, -0.25) is 19.2 Å². The highest BCUT2D eigenvalue weighted by Gasteiger charge is 2.30. The van der Waals surface area contributed by atoms with Crippen LogP contribution in [-0.4, -0.2) is 77.4 Å². The summed E-state index contributed by atoms with van der Waals surface area (Å²) in [6.07, 6.45) is 3.73. The third kappa shape index (κ3) is 14.6. The standard InChI is InChI=1S/C22H42N6O6S/c1-13(2)12-17(28-19(30)14(24)7-8-18(25)29)21(32)26-15(6-4-5-10-23)20(31)27-16(22(33)34)9-11-35-3/h13-17H,4-12,23-24H2,1-3H3,(H2,25,29)(H,26,32)(H,27,31)(H,28,30)(H,33,34). The van der Waals surface area contributed by atoms with E-state index in [0.717, 1.165) is 0 Å². The predicted molar refractivity (Wildman–Crippen MR) is 135 cm³/mol. The normalized spacial score (nSPS) is 14.5. The van der Waals surface area contributed by atoms with Crippen LogP contribution in [0.2, 0.25) is 0 Å². The van der Waals surface area contributed by atoms with Gasteiger partial charge in [0, 0.05) is 6.42 Å². The second kappa shape index (κ2) is 18.0. The fourth-order valence-corrected chi connectivity index (χ4v) is 3.68. The molecule has 0 aliphatic rings. The van der Waals surface area contributed by atoms with Crippen LogP contribution in [0.25, 0.3) is 0 Å². The van der Waals surface area contributed by atoms with Gasteiger partial charge in [-0.05, 0) is 63.0 Å². The Kier molecular flexibility index (Phi) is 16.7. The number of amides is 4. The van der Waals surface area contributed by atoms with Crippen LogP contribution >= 0.6 is 11.8 Å². The molecule has 0 fully saturated rings. The van der Waals surface area contributed by atoms with Crippen molar-refractivity contribution in [2.75, 3.05) is 18.6 Å². The molecule has 0 spiro atoms. The van der Waals surface area contributed by atoms with Gasteiger partial charge in [-0.25, -0.2) is 4.79 Å². The molecule has 10 N–H and O–H groups in total. The molecule has 4 unspecified atom stereocenters. The maximum absolute atomic E-state index is 13.1. The number of carboxylic acid groups (broad SMARTS) is 1. The van der Waals surface area contributed by atoms with Gasteiger partial charge in [0.05, 0.1) is 6.04 Å². The Bertz CT molecular complexity index is 708. The Morgan fingerprint density at radius 1 is 0.857 bits per heavy atom. The molecule has 0 radical (unpaired) electrons. The fourth-order valence-electron chi connectivity index (χ4n) is 3.21. The van der Waals surface area contributed by atoms with Crippen LogP contribution < -0.4 is 33.2 Å². The molecule has 4 amide bonds. The van der Waals surface area contributed by atoms with Gasteiger partial charge in [0.1, 0.15) is 18.1 Å². The molecule has 0 bridgehead atoms. The van der Waals surface area contributed by atoms with Crippen molar-refractivity contribution in [2.45, 2.75) is 83.0 Å². The van der Waals surface area contributed by atoms with Gasteiger partial charge in [0.15, 0.2) is 0 Å². The molecule has 0 saturated heterocycles. The van der Waals surface area contributed by atoms with Gasteiger partial charge in [-0.1, -0.05) is 13.8 Å². The molecule has 12 nitrogen and oxygen atoms in total. The molecule has 0 aromatic rings. The molecule has 0 rings (SSSR count).